The molecule has 2 aromatic rings. The molecular formula is C17H19N3O4. The first-order valence-electron chi connectivity index (χ1n) is 7.24. The van der Waals surface area contributed by atoms with Crippen molar-refractivity contribution in [2.75, 3.05) is 12.0 Å². The summed E-state index contributed by atoms with van der Waals surface area (Å²) in [5.41, 5.74) is 12.8. The van der Waals surface area contributed by atoms with Gasteiger partial charge in [-0.05, 0) is 36.2 Å². The average molecular weight is 329 g/mol. The predicted molar refractivity (Wildman–Crippen MR) is 90.5 cm³/mol. The Morgan fingerprint density at radius 2 is 1.79 bits per heavy atom. The largest absolute Gasteiger partial charge is 0.495 e. The van der Waals surface area contributed by atoms with Gasteiger partial charge in [0.15, 0.2) is 0 Å². The number of urea groups is 1. The molecule has 0 aliphatic carbocycles. The van der Waals surface area contributed by atoms with Gasteiger partial charge in [-0.15, -0.1) is 0 Å². The summed E-state index contributed by atoms with van der Waals surface area (Å²) in [4.78, 5) is 24.0. The Labute approximate surface area is 139 Å². The minimum atomic E-state index is -1.06. The standard InChI is InChI=1S/C17H19N3O4/c1-24-15-5-3-2-4-14(15)20(17(19)23)12-8-6-11(7-9-12)10-13(18)16(21)22/h2-9,13H,10,18H2,1H3,(H2,19,23)(H,21,22)/t13-/m0/s1. The van der Waals surface area contributed by atoms with Gasteiger partial charge in [-0.3, -0.25) is 9.69 Å². The van der Waals surface area contributed by atoms with Crippen molar-refractivity contribution in [1.82, 2.24) is 0 Å². The molecule has 5 N–H and O–H groups in total. The zero-order valence-corrected chi connectivity index (χ0v) is 13.2. The van der Waals surface area contributed by atoms with Crippen LogP contribution in [0.5, 0.6) is 5.75 Å². The van der Waals surface area contributed by atoms with E-state index >= 15 is 0 Å². The third-order valence-corrected chi connectivity index (χ3v) is 3.51. The van der Waals surface area contributed by atoms with Gasteiger partial charge in [-0.2, -0.15) is 0 Å². The number of methoxy groups -OCH3 is 1. The maximum absolute atomic E-state index is 11.9. The summed E-state index contributed by atoms with van der Waals surface area (Å²) in [5, 5.41) is 8.86. The van der Waals surface area contributed by atoms with E-state index in [0.717, 1.165) is 5.56 Å². The molecule has 7 heteroatoms. The molecule has 0 unspecified atom stereocenters. The molecule has 0 spiro atoms. The van der Waals surface area contributed by atoms with Crippen LogP contribution in [-0.2, 0) is 11.2 Å². The lowest BCUT2D eigenvalue weighted by Gasteiger charge is -2.23. The smallest absolute Gasteiger partial charge is 0.324 e. The SMILES string of the molecule is COc1ccccc1N(C(N)=O)c1ccc(C[C@H](N)C(=O)O)cc1. The Balaban J connectivity index is 2.32. The number of benzene rings is 2. The van der Waals surface area contributed by atoms with E-state index in [1.54, 1.807) is 48.5 Å². The minimum absolute atomic E-state index is 0.195. The molecule has 0 saturated carbocycles. The highest BCUT2D eigenvalue weighted by molar-refractivity contribution is 5.99. The number of anilines is 2. The number of nitrogens with two attached hydrogens (primary N) is 2. The molecule has 2 aromatic carbocycles. The number of carboxylic acids is 1. The Morgan fingerprint density at radius 1 is 1.17 bits per heavy atom. The predicted octanol–water partition coefficient (Wildman–Crippen LogP) is 1.87. The van der Waals surface area contributed by atoms with Gasteiger partial charge in [-0.1, -0.05) is 24.3 Å². The second-order valence-corrected chi connectivity index (χ2v) is 5.16. The van der Waals surface area contributed by atoms with E-state index in [9.17, 15) is 9.59 Å². The van der Waals surface area contributed by atoms with Crippen LogP contribution in [0.3, 0.4) is 0 Å². The molecule has 0 fully saturated rings. The summed E-state index contributed by atoms with van der Waals surface area (Å²) in [5.74, 6) is -0.555. The lowest BCUT2D eigenvalue weighted by Crippen LogP contribution is -2.32. The maximum Gasteiger partial charge on any atom is 0.324 e. The first-order valence-corrected chi connectivity index (χ1v) is 7.24. The number of ether oxygens (including phenoxy) is 1. The number of hydrogen-bond donors (Lipinski definition) is 3. The number of rotatable bonds is 6. The van der Waals surface area contributed by atoms with E-state index in [4.69, 9.17) is 21.3 Å². The number of carboxylic acid groups (broad SMARTS) is 1. The Bertz CT molecular complexity index is 731. The normalized spacial score (nSPS) is 11.6. The topological polar surface area (TPSA) is 119 Å². The zero-order chi connectivity index (χ0) is 17.7. The molecule has 0 aliphatic rings. The molecule has 2 amide bonds. The number of amides is 2. The van der Waals surface area contributed by atoms with Crippen LogP contribution in [0.4, 0.5) is 16.2 Å². The number of hydrogen-bond acceptors (Lipinski definition) is 4. The van der Waals surface area contributed by atoms with Gasteiger partial charge in [0.2, 0.25) is 0 Å². The van der Waals surface area contributed by atoms with E-state index in [0.29, 0.717) is 17.1 Å². The summed E-state index contributed by atoms with van der Waals surface area (Å²) in [6.45, 7) is 0. The molecule has 2 rings (SSSR count). The summed E-state index contributed by atoms with van der Waals surface area (Å²) >= 11 is 0. The molecule has 0 bridgehead atoms. The van der Waals surface area contributed by atoms with Crippen LogP contribution in [0.25, 0.3) is 0 Å². The summed E-state index contributed by atoms with van der Waals surface area (Å²) in [6.07, 6.45) is 0.195. The van der Waals surface area contributed by atoms with E-state index in [1.165, 1.54) is 12.0 Å². The third-order valence-electron chi connectivity index (χ3n) is 3.51. The van der Waals surface area contributed by atoms with Crippen LogP contribution in [0.2, 0.25) is 0 Å². The van der Waals surface area contributed by atoms with Gasteiger partial charge in [0.05, 0.1) is 18.5 Å². The Kier molecular flexibility index (Phi) is 5.39. The highest BCUT2D eigenvalue weighted by Crippen LogP contribution is 2.33. The molecule has 0 heterocycles. The molecule has 0 aromatic heterocycles. The molecule has 126 valence electrons. The van der Waals surface area contributed by atoms with Gasteiger partial charge < -0.3 is 21.3 Å². The first-order chi connectivity index (χ1) is 11.4. The highest BCUT2D eigenvalue weighted by atomic mass is 16.5. The first kappa shape index (κ1) is 17.3. The van der Waals surface area contributed by atoms with Crippen molar-refractivity contribution >= 4 is 23.4 Å². The van der Waals surface area contributed by atoms with Crippen molar-refractivity contribution in [3.05, 3.63) is 54.1 Å². The van der Waals surface area contributed by atoms with E-state index < -0.39 is 18.0 Å². The van der Waals surface area contributed by atoms with Gasteiger partial charge in [0.1, 0.15) is 11.8 Å². The number of para-hydroxylation sites is 2. The number of carbonyl (C=O) groups is 2. The summed E-state index contributed by atoms with van der Waals surface area (Å²) < 4.78 is 5.27. The lowest BCUT2D eigenvalue weighted by molar-refractivity contribution is -0.138. The van der Waals surface area contributed by atoms with Crippen LogP contribution in [0.15, 0.2) is 48.5 Å². The van der Waals surface area contributed by atoms with Crippen LogP contribution < -0.4 is 21.1 Å². The fraction of sp³-hybridized carbons (Fsp3) is 0.176. The minimum Gasteiger partial charge on any atom is -0.495 e. The number of carbonyl (C=O) groups excluding carboxylic acids is 1. The molecule has 0 radical (unpaired) electrons. The van der Waals surface area contributed by atoms with E-state index in [1.807, 2.05) is 0 Å². The third kappa shape index (κ3) is 3.82. The molecule has 0 saturated heterocycles. The van der Waals surface area contributed by atoms with Gasteiger partial charge >= 0.3 is 12.0 Å². The number of nitrogens with zero attached hydrogens (tertiary/aromatic N) is 1. The summed E-state index contributed by atoms with van der Waals surface area (Å²) in [6, 6.07) is 12.2. The van der Waals surface area contributed by atoms with Crippen LogP contribution >= 0.6 is 0 Å². The monoisotopic (exact) mass is 329 g/mol. The van der Waals surface area contributed by atoms with Crippen molar-refractivity contribution < 1.29 is 19.4 Å². The van der Waals surface area contributed by atoms with Crippen molar-refractivity contribution in [2.45, 2.75) is 12.5 Å². The quantitative estimate of drug-likeness (QED) is 0.747. The second-order valence-electron chi connectivity index (χ2n) is 5.16. The van der Waals surface area contributed by atoms with Gasteiger partial charge in [-0.25, -0.2) is 4.79 Å². The molecule has 0 aliphatic heterocycles. The van der Waals surface area contributed by atoms with E-state index in [2.05, 4.69) is 0 Å². The number of aliphatic carboxylic acids is 1. The van der Waals surface area contributed by atoms with Crippen LogP contribution in [0.1, 0.15) is 5.56 Å². The molecule has 1 atom stereocenters. The average Bonchev–Trinajstić information content (AvgIpc) is 2.56. The van der Waals surface area contributed by atoms with Gasteiger partial charge in [0.25, 0.3) is 0 Å². The maximum atomic E-state index is 11.9. The Hall–Kier alpha value is -3.06. The molecule has 7 nitrogen and oxygen atoms in total. The number of primary amides is 1. The molecular weight excluding hydrogens is 310 g/mol. The fourth-order valence-electron chi connectivity index (χ4n) is 2.32. The van der Waals surface area contributed by atoms with Crippen molar-refractivity contribution in [1.29, 1.82) is 0 Å². The lowest BCUT2D eigenvalue weighted by atomic mass is 10.1. The summed E-state index contributed by atoms with van der Waals surface area (Å²) in [7, 11) is 1.51. The van der Waals surface area contributed by atoms with Crippen molar-refractivity contribution in [3.8, 4) is 5.75 Å². The molecule has 24 heavy (non-hydrogen) atoms. The van der Waals surface area contributed by atoms with Crippen molar-refractivity contribution in [2.24, 2.45) is 11.5 Å². The van der Waals surface area contributed by atoms with Gasteiger partial charge in [0, 0.05) is 0 Å². The highest BCUT2D eigenvalue weighted by Gasteiger charge is 2.19. The zero-order valence-electron chi connectivity index (χ0n) is 13.2. The van der Waals surface area contributed by atoms with Crippen LogP contribution in [-0.4, -0.2) is 30.3 Å². The Morgan fingerprint density at radius 3 is 2.33 bits per heavy atom. The van der Waals surface area contributed by atoms with Crippen molar-refractivity contribution in [3.63, 3.8) is 0 Å². The van der Waals surface area contributed by atoms with Crippen LogP contribution in [0, 0.1) is 0 Å². The van der Waals surface area contributed by atoms with E-state index in [-0.39, 0.29) is 6.42 Å². The fourth-order valence-corrected chi connectivity index (χ4v) is 2.32. The second kappa shape index (κ2) is 7.47.